The van der Waals surface area contributed by atoms with Gasteiger partial charge in [0.05, 0.1) is 18.8 Å². The van der Waals surface area contributed by atoms with E-state index >= 15 is 0 Å². The molecule has 1 saturated heterocycles. The zero-order valence-electron chi connectivity index (χ0n) is 9.70. The lowest BCUT2D eigenvalue weighted by molar-refractivity contribution is -0.137. The molecule has 0 aromatic heterocycles. The fourth-order valence-electron chi connectivity index (χ4n) is 1.87. The van der Waals surface area contributed by atoms with E-state index in [0.717, 1.165) is 23.3 Å². The molecule has 0 bridgehead atoms. The Hall–Kier alpha value is -1.55. The summed E-state index contributed by atoms with van der Waals surface area (Å²) in [4.78, 5) is 0. The topological polar surface area (TPSA) is 9.23 Å². The molecule has 0 amide bonds. The maximum absolute atomic E-state index is 12.4. The lowest BCUT2D eigenvalue weighted by Gasteiger charge is -2.07. The second-order valence-corrected chi connectivity index (χ2v) is 4.20. The van der Waals surface area contributed by atoms with Crippen LogP contribution in [0.2, 0.25) is 0 Å². The van der Waals surface area contributed by atoms with Gasteiger partial charge in [0.15, 0.2) is 0 Å². The summed E-state index contributed by atoms with van der Waals surface area (Å²) in [5.74, 6) is 0.160. The van der Waals surface area contributed by atoms with Crippen molar-refractivity contribution in [2.24, 2.45) is 5.92 Å². The van der Waals surface area contributed by atoms with Crippen LogP contribution in [-0.4, -0.2) is 13.2 Å². The minimum atomic E-state index is -4.29. The Labute approximate surface area is 104 Å². The van der Waals surface area contributed by atoms with Gasteiger partial charge in [-0.2, -0.15) is 13.2 Å². The first kappa shape index (κ1) is 12.9. The molecule has 18 heavy (non-hydrogen) atoms. The first-order valence-corrected chi connectivity index (χ1v) is 5.59. The Morgan fingerprint density at radius 2 is 1.89 bits per heavy atom. The predicted molar refractivity (Wildman–Crippen MR) is 63.9 cm³/mol. The van der Waals surface area contributed by atoms with E-state index in [2.05, 4.69) is 6.58 Å². The van der Waals surface area contributed by atoms with E-state index in [4.69, 9.17) is 4.74 Å². The van der Waals surface area contributed by atoms with Gasteiger partial charge in [-0.15, -0.1) is 6.58 Å². The normalized spacial score (nSPS) is 22.4. The number of ether oxygens (including phenoxy) is 1. The summed E-state index contributed by atoms with van der Waals surface area (Å²) in [6.45, 7) is 4.82. The Kier molecular flexibility index (Phi) is 3.57. The number of hydrogen-bond donors (Lipinski definition) is 0. The molecule has 1 unspecified atom stereocenters. The molecule has 0 saturated carbocycles. The quantitative estimate of drug-likeness (QED) is 0.727. The highest BCUT2D eigenvalue weighted by molar-refractivity contribution is 5.55. The highest BCUT2D eigenvalue weighted by atomic mass is 19.4. The summed E-state index contributed by atoms with van der Waals surface area (Å²) in [7, 11) is 0. The minimum absolute atomic E-state index is 0.160. The van der Waals surface area contributed by atoms with Gasteiger partial charge in [-0.3, -0.25) is 0 Å². The van der Waals surface area contributed by atoms with Gasteiger partial charge in [0.2, 0.25) is 0 Å². The Morgan fingerprint density at radius 1 is 1.22 bits per heavy atom. The van der Waals surface area contributed by atoms with Crippen LogP contribution in [-0.2, 0) is 10.9 Å². The SMILES string of the molecule is C=CC1COC/C1=C\c1ccc(C(F)(F)F)cc1. The Bertz CT molecular complexity index is 457. The van der Waals surface area contributed by atoms with Gasteiger partial charge in [-0.25, -0.2) is 0 Å². The number of halogens is 3. The van der Waals surface area contributed by atoms with Crippen molar-refractivity contribution in [2.45, 2.75) is 6.18 Å². The lowest BCUT2D eigenvalue weighted by atomic mass is 10.00. The molecule has 1 aromatic rings. The van der Waals surface area contributed by atoms with E-state index in [1.807, 2.05) is 6.08 Å². The van der Waals surface area contributed by atoms with Gasteiger partial charge in [-0.1, -0.05) is 24.3 Å². The molecule has 2 rings (SSSR count). The maximum atomic E-state index is 12.4. The van der Waals surface area contributed by atoms with Crippen LogP contribution in [0.1, 0.15) is 11.1 Å². The summed E-state index contributed by atoms with van der Waals surface area (Å²) in [5, 5.41) is 0. The zero-order chi connectivity index (χ0) is 13.2. The standard InChI is InChI=1S/C14H13F3O/c1-2-11-8-18-9-12(11)7-10-3-5-13(6-4-10)14(15,16)17/h2-7,11H,1,8-9H2/b12-7+. The summed E-state index contributed by atoms with van der Waals surface area (Å²) in [6, 6.07) is 5.11. The van der Waals surface area contributed by atoms with Gasteiger partial charge in [-0.05, 0) is 23.3 Å². The highest BCUT2D eigenvalue weighted by Gasteiger charge is 2.29. The fraction of sp³-hybridized carbons (Fsp3) is 0.286. The Balaban J connectivity index is 2.20. The van der Waals surface area contributed by atoms with E-state index < -0.39 is 11.7 Å². The molecule has 1 heterocycles. The van der Waals surface area contributed by atoms with Crippen molar-refractivity contribution in [1.82, 2.24) is 0 Å². The molecule has 1 atom stereocenters. The summed E-state index contributed by atoms with van der Waals surface area (Å²) in [6.07, 6.45) is -0.631. The molecule has 1 aliphatic heterocycles. The number of hydrogen-bond acceptors (Lipinski definition) is 1. The van der Waals surface area contributed by atoms with Crippen molar-refractivity contribution in [1.29, 1.82) is 0 Å². The van der Waals surface area contributed by atoms with E-state index in [0.29, 0.717) is 13.2 Å². The van der Waals surface area contributed by atoms with Crippen LogP contribution in [0.3, 0.4) is 0 Å². The van der Waals surface area contributed by atoms with Gasteiger partial charge < -0.3 is 4.74 Å². The van der Waals surface area contributed by atoms with Gasteiger partial charge in [0, 0.05) is 5.92 Å². The lowest BCUT2D eigenvalue weighted by Crippen LogP contribution is -2.04. The third kappa shape index (κ3) is 2.82. The van der Waals surface area contributed by atoms with Gasteiger partial charge in [0.25, 0.3) is 0 Å². The maximum Gasteiger partial charge on any atom is 0.416 e. The molecule has 4 heteroatoms. The summed E-state index contributed by atoms with van der Waals surface area (Å²) < 4.78 is 42.5. The molecule has 1 aromatic carbocycles. The van der Waals surface area contributed by atoms with Crippen LogP contribution in [0.5, 0.6) is 0 Å². The van der Waals surface area contributed by atoms with E-state index in [9.17, 15) is 13.2 Å². The molecule has 0 radical (unpaired) electrons. The first-order valence-electron chi connectivity index (χ1n) is 5.59. The average Bonchev–Trinajstić information content (AvgIpc) is 2.76. The first-order chi connectivity index (χ1) is 8.50. The van der Waals surface area contributed by atoms with Crippen molar-refractivity contribution in [3.8, 4) is 0 Å². The van der Waals surface area contributed by atoms with E-state index in [1.165, 1.54) is 12.1 Å². The molecule has 0 spiro atoms. The van der Waals surface area contributed by atoms with Crippen LogP contribution in [0.15, 0.2) is 42.5 Å². The van der Waals surface area contributed by atoms with Crippen LogP contribution >= 0.6 is 0 Å². The monoisotopic (exact) mass is 254 g/mol. The summed E-state index contributed by atoms with van der Waals surface area (Å²) >= 11 is 0. The largest absolute Gasteiger partial charge is 0.416 e. The minimum Gasteiger partial charge on any atom is -0.376 e. The molecular formula is C14H13F3O. The highest BCUT2D eigenvalue weighted by Crippen LogP contribution is 2.30. The average molecular weight is 254 g/mol. The van der Waals surface area contributed by atoms with Crippen LogP contribution in [0.25, 0.3) is 6.08 Å². The van der Waals surface area contributed by atoms with Crippen LogP contribution in [0, 0.1) is 5.92 Å². The number of alkyl halides is 3. The van der Waals surface area contributed by atoms with Crippen LogP contribution in [0.4, 0.5) is 13.2 Å². The van der Waals surface area contributed by atoms with Crippen molar-refractivity contribution in [2.75, 3.05) is 13.2 Å². The van der Waals surface area contributed by atoms with Gasteiger partial charge in [0.1, 0.15) is 0 Å². The summed E-state index contributed by atoms with van der Waals surface area (Å²) in [5.41, 5.74) is 1.16. The number of benzene rings is 1. The zero-order valence-corrected chi connectivity index (χ0v) is 9.70. The molecule has 0 N–H and O–H groups in total. The van der Waals surface area contributed by atoms with Crippen molar-refractivity contribution < 1.29 is 17.9 Å². The molecule has 96 valence electrons. The molecule has 1 nitrogen and oxygen atoms in total. The molecule has 0 aliphatic carbocycles. The molecule has 1 fully saturated rings. The number of rotatable bonds is 2. The third-order valence-corrected chi connectivity index (χ3v) is 2.92. The van der Waals surface area contributed by atoms with Crippen molar-refractivity contribution in [3.05, 3.63) is 53.6 Å². The van der Waals surface area contributed by atoms with Gasteiger partial charge >= 0.3 is 6.18 Å². The smallest absolute Gasteiger partial charge is 0.376 e. The molecule has 1 aliphatic rings. The third-order valence-electron chi connectivity index (χ3n) is 2.92. The Morgan fingerprint density at radius 3 is 2.44 bits per heavy atom. The second kappa shape index (κ2) is 4.98. The molecular weight excluding hydrogens is 241 g/mol. The predicted octanol–water partition coefficient (Wildman–Crippen LogP) is 3.92. The second-order valence-electron chi connectivity index (χ2n) is 4.20. The van der Waals surface area contributed by atoms with E-state index in [1.54, 1.807) is 6.08 Å². The van der Waals surface area contributed by atoms with E-state index in [-0.39, 0.29) is 5.92 Å². The van der Waals surface area contributed by atoms with Crippen molar-refractivity contribution in [3.63, 3.8) is 0 Å². The van der Waals surface area contributed by atoms with Crippen molar-refractivity contribution >= 4 is 6.08 Å². The van der Waals surface area contributed by atoms with Crippen LogP contribution < -0.4 is 0 Å². The fourth-order valence-corrected chi connectivity index (χ4v) is 1.87.